The van der Waals surface area contributed by atoms with E-state index in [1.54, 1.807) is 18.5 Å². The molecule has 1 N–H and O–H groups in total. The summed E-state index contributed by atoms with van der Waals surface area (Å²) in [7, 11) is 0. The van der Waals surface area contributed by atoms with Crippen molar-refractivity contribution < 1.29 is 4.79 Å². The predicted molar refractivity (Wildman–Crippen MR) is 112 cm³/mol. The van der Waals surface area contributed by atoms with Crippen LogP contribution in [-0.2, 0) is 4.79 Å². The van der Waals surface area contributed by atoms with Gasteiger partial charge in [0.25, 0.3) is 0 Å². The summed E-state index contributed by atoms with van der Waals surface area (Å²) in [6, 6.07) is 13.7. The topological polar surface area (TPSA) is 81.9 Å². The van der Waals surface area contributed by atoms with Gasteiger partial charge in [-0.05, 0) is 47.0 Å². The lowest BCUT2D eigenvalue weighted by Gasteiger charge is -2.34. The van der Waals surface area contributed by atoms with E-state index in [2.05, 4.69) is 42.2 Å². The largest absolute Gasteiger partial charge is 0.369 e. The van der Waals surface area contributed by atoms with Gasteiger partial charge in [0.15, 0.2) is 0 Å². The van der Waals surface area contributed by atoms with Crippen molar-refractivity contribution in [2.45, 2.75) is 12.8 Å². The number of carbonyl (C=O) groups excluding carboxylic acids is 1. The van der Waals surface area contributed by atoms with Crippen LogP contribution in [0.15, 0.2) is 53.3 Å². The molecule has 4 rings (SSSR count). The molecule has 3 heterocycles. The third kappa shape index (κ3) is 3.69. The van der Waals surface area contributed by atoms with Crippen molar-refractivity contribution in [3.05, 3.63) is 58.8 Å². The molecule has 6 nitrogen and oxygen atoms in total. The van der Waals surface area contributed by atoms with Gasteiger partial charge in [-0.1, -0.05) is 18.2 Å². The molecule has 1 fully saturated rings. The number of benzene rings is 1. The summed E-state index contributed by atoms with van der Waals surface area (Å²) < 4.78 is 0.864. The molecular weight excluding hydrogens is 418 g/mol. The molecule has 28 heavy (non-hydrogen) atoms. The number of hydrogen-bond acceptors (Lipinski definition) is 5. The van der Waals surface area contributed by atoms with Gasteiger partial charge in [0.1, 0.15) is 11.9 Å². The zero-order chi connectivity index (χ0) is 19.5. The Labute approximate surface area is 171 Å². The number of nitrogens with zero attached hydrogens (tertiary/aromatic N) is 4. The number of anilines is 2. The lowest BCUT2D eigenvalue weighted by molar-refractivity contribution is -0.120. The van der Waals surface area contributed by atoms with E-state index in [4.69, 9.17) is 0 Å². The number of aromatic nitrogens is 2. The number of hydrogen-bond donors (Lipinski definition) is 1. The molecule has 7 heteroatoms. The van der Waals surface area contributed by atoms with Crippen LogP contribution in [0.4, 0.5) is 11.5 Å². The van der Waals surface area contributed by atoms with Crippen molar-refractivity contribution in [2.75, 3.05) is 23.3 Å². The Morgan fingerprint density at radius 2 is 2.07 bits per heavy atom. The summed E-state index contributed by atoms with van der Waals surface area (Å²) in [5, 5.41) is 13.4. The van der Waals surface area contributed by atoms with Gasteiger partial charge < -0.3 is 10.2 Å². The van der Waals surface area contributed by atoms with E-state index in [-0.39, 0.29) is 11.8 Å². The highest BCUT2D eigenvalue weighted by atomic mass is 79.9. The standard InChI is InChI=1S/C21H18BrN5O/c22-16-7-8-19(25-12-16)26-21(28)14-4-3-9-27(13-14)20-15(10-23)11-24-18-6-2-1-5-17(18)20/h1-2,5-8,11-12,14H,3-4,9,13H2,(H,25,26,28). The van der Waals surface area contributed by atoms with Crippen LogP contribution >= 0.6 is 15.9 Å². The molecule has 1 amide bonds. The fourth-order valence-electron chi connectivity index (χ4n) is 3.62. The smallest absolute Gasteiger partial charge is 0.230 e. The minimum absolute atomic E-state index is 0.0450. The molecule has 1 aromatic carbocycles. The summed E-state index contributed by atoms with van der Waals surface area (Å²) in [5.41, 5.74) is 2.25. The van der Waals surface area contributed by atoms with Crippen LogP contribution in [-0.4, -0.2) is 29.0 Å². The van der Waals surface area contributed by atoms with E-state index in [9.17, 15) is 10.1 Å². The van der Waals surface area contributed by atoms with Gasteiger partial charge in [0.2, 0.25) is 5.91 Å². The summed E-state index contributed by atoms with van der Waals surface area (Å²) in [6.07, 6.45) is 4.97. The monoisotopic (exact) mass is 435 g/mol. The third-order valence-corrected chi connectivity index (χ3v) is 5.42. The van der Waals surface area contributed by atoms with Crippen LogP contribution in [0.25, 0.3) is 10.9 Å². The van der Waals surface area contributed by atoms with Crippen molar-refractivity contribution in [1.82, 2.24) is 9.97 Å². The maximum atomic E-state index is 12.8. The Kier molecular flexibility index (Phi) is 5.22. The molecule has 0 bridgehead atoms. The van der Waals surface area contributed by atoms with E-state index >= 15 is 0 Å². The van der Waals surface area contributed by atoms with E-state index in [1.807, 2.05) is 30.3 Å². The number of carbonyl (C=O) groups is 1. The highest BCUT2D eigenvalue weighted by molar-refractivity contribution is 9.10. The van der Waals surface area contributed by atoms with Gasteiger partial charge in [-0.2, -0.15) is 5.26 Å². The average molecular weight is 436 g/mol. The first kappa shape index (κ1) is 18.4. The summed E-state index contributed by atoms with van der Waals surface area (Å²) >= 11 is 3.34. The number of nitrogens with one attached hydrogen (secondary N) is 1. The number of halogens is 1. The van der Waals surface area contributed by atoms with Gasteiger partial charge in [-0.3, -0.25) is 9.78 Å². The Hall–Kier alpha value is -2.98. The maximum Gasteiger partial charge on any atom is 0.230 e. The summed E-state index contributed by atoms with van der Waals surface area (Å²) in [5.74, 6) is 0.325. The number of amides is 1. The third-order valence-electron chi connectivity index (χ3n) is 4.95. The van der Waals surface area contributed by atoms with E-state index in [0.29, 0.717) is 17.9 Å². The molecule has 1 aliphatic rings. The van der Waals surface area contributed by atoms with E-state index < -0.39 is 0 Å². The lowest BCUT2D eigenvalue weighted by Crippen LogP contribution is -2.41. The second-order valence-corrected chi connectivity index (χ2v) is 7.70. The number of piperidine rings is 1. The minimum atomic E-state index is -0.169. The number of nitriles is 1. The Bertz CT molecular complexity index is 1060. The molecule has 140 valence electrons. The van der Waals surface area contributed by atoms with Crippen LogP contribution in [0.1, 0.15) is 18.4 Å². The van der Waals surface area contributed by atoms with Crippen LogP contribution in [0.2, 0.25) is 0 Å². The first-order chi connectivity index (χ1) is 13.7. The molecular formula is C21H18BrN5O. The molecule has 0 saturated carbocycles. The molecule has 0 radical (unpaired) electrons. The first-order valence-electron chi connectivity index (χ1n) is 9.11. The fourth-order valence-corrected chi connectivity index (χ4v) is 3.86. The highest BCUT2D eigenvalue weighted by Crippen LogP contribution is 2.32. The molecule has 3 aromatic rings. The average Bonchev–Trinajstić information content (AvgIpc) is 2.74. The summed E-state index contributed by atoms with van der Waals surface area (Å²) in [6.45, 7) is 1.37. The van der Waals surface area contributed by atoms with Crippen molar-refractivity contribution in [3.8, 4) is 6.07 Å². The zero-order valence-corrected chi connectivity index (χ0v) is 16.7. The van der Waals surface area contributed by atoms with Gasteiger partial charge in [0.05, 0.1) is 22.7 Å². The Balaban J connectivity index is 1.59. The molecule has 2 aromatic heterocycles. The Morgan fingerprint density at radius 1 is 1.21 bits per heavy atom. The second-order valence-electron chi connectivity index (χ2n) is 6.79. The number of para-hydroxylation sites is 1. The highest BCUT2D eigenvalue weighted by Gasteiger charge is 2.28. The van der Waals surface area contributed by atoms with Gasteiger partial charge >= 0.3 is 0 Å². The minimum Gasteiger partial charge on any atom is -0.369 e. The normalized spacial score (nSPS) is 16.6. The maximum absolute atomic E-state index is 12.8. The van der Waals surface area contributed by atoms with Gasteiger partial charge in [-0.25, -0.2) is 4.98 Å². The second kappa shape index (κ2) is 7.95. The summed E-state index contributed by atoms with van der Waals surface area (Å²) in [4.78, 5) is 23.5. The number of rotatable bonds is 3. The van der Waals surface area contributed by atoms with Crippen LogP contribution in [0.5, 0.6) is 0 Å². The first-order valence-corrected chi connectivity index (χ1v) is 9.90. The fraction of sp³-hybridized carbons (Fsp3) is 0.238. The van der Waals surface area contributed by atoms with Crippen LogP contribution < -0.4 is 10.2 Å². The van der Waals surface area contributed by atoms with Crippen LogP contribution in [0.3, 0.4) is 0 Å². The predicted octanol–water partition coefficient (Wildman–Crippen LogP) is 4.12. The quantitative estimate of drug-likeness (QED) is 0.668. The van der Waals surface area contributed by atoms with Gasteiger partial charge in [-0.15, -0.1) is 0 Å². The molecule has 1 saturated heterocycles. The molecule has 1 unspecified atom stereocenters. The lowest BCUT2D eigenvalue weighted by atomic mass is 9.95. The molecule has 0 spiro atoms. The SMILES string of the molecule is N#Cc1cnc2ccccc2c1N1CCCC(C(=O)Nc2ccc(Br)cn2)C1. The van der Waals surface area contributed by atoms with Crippen LogP contribution in [0, 0.1) is 17.2 Å². The van der Waals surface area contributed by atoms with E-state index in [1.165, 1.54) is 0 Å². The molecule has 0 aliphatic carbocycles. The zero-order valence-electron chi connectivity index (χ0n) is 15.1. The molecule has 1 aliphatic heterocycles. The Morgan fingerprint density at radius 3 is 2.86 bits per heavy atom. The van der Waals surface area contributed by atoms with Crippen molar-refractivity contribution >= 4 is 44.2 Å². The van der Waals surface area contributed by atoms with Crippen molar-refractivity contribution in [3.63, 3.8) is 0 Å². The van der Waals surface area contributed by atoms with Crippen molar-refractivity contribution in [1.29, 1.82) is 5.26 Å². The van der Waals surface area contributed by atoms with Gasteiger partial charge in [0, 0.05) is 35.3 Å². The molecule has 1 atom stereocenters. The van der Waals surface area contributed by atoms with Crippen molar-refractivity contribution in [2.24, 2.45) is 5.92 Å². The number of pyridine rings is 2. The number of fused-ring (bicyclic) bond motifs is 1. The van der Waals surface area contributed by atoms with E-state index in [0.717, 1.165) is 40.4 Å².